The van der Waals surface area contributed by atoms with Crippen LogP contribution in [0.5, 0.6) is 0 Å². The SMILES string of the molecule is CCN(CC)CCCNc1ncc2cc(Cc3ccccc3C(=O)Nc3cc(C(F)(F)F)ccc3N3CCN(C)C3=O)ccc2n1. The lowest BCUT2D eigenvalue weighted by Crippen LogP contribution is -2.30. The van der Waals surface area contributed by atoms with Crippen LogP contribution >= 0.6 is 0 Å². The van der Waals surface area contributed by atoms with Gasteiger partial charge in [0.05, 0.1) is 22.5 Å². The number of nitrogens with zero attached hydrogens (tertiary/aromatic N) is 5. The molecule has 0 aliphatic carbocycles. The highest BCUT2D eigenvalue weighted by Gasteiger charge is 2.34. The Labute approximate surface area is 266 Å². The van der Waals surface area contributed by atoms with Crippen molar-refractivity contribution >= 4 is 40.2 Å². The van der Waals surface area contributed by atoms with Gasteiger partial charge in [0.1, 0.15) is 0 Å². The first kappa shape index (κ1) is 32.7. The smallest absolute Gasteiger partial charge is 0.354 e. The summed E-state index contributed by atoms with van der Waals surface area (Å²) in [4.78, 5) is 40.6. The van der Waals surface area contributed by atoms with Crippen LogP contribution in [0.3, 0.4) is 0 Å². The molecule has 1 saturated heterocycles. The fourth-order valence-electron chi connectivity index (χ4n) is 5.54. The number of carbonyl (C=O) groups is 2. The number of aromatic nitrogens is 2. The number of nitrogens with one attached hydrogen (secondary N) is 2. The van der Waals surface area contributed by atoms with Crippen molar-refractivity contribution in [2.75, 3.05) is 61.8 Å². The van der Waals surface area contributed by atoms with Crippen molar-refractivity contribution in [2.45, 2.75) is 32.9 Å². The summed E-state index contributed by atoms with van der Waals surface area (Å²) in [6, 6.07) is 15.4. The Morgan fingerprint density at radius 3 is 2.52 bits per heavy atom. The van der Waals surface area contributed by atoms with Crippen LogP contribution in [0.25, 0.3) is 10.9 Å². The lowest BCUT2D eigenvalue weighted by atomic mass is 9.98. The van der Waals surface area contributed by atoms with E-state index in [0.717, 1.165) is 61.2 Å². The lowest BCUT2D eigenvalue weighted by Gasteiger charge is -2.22. The number of halogens is 3. The molecule has 0 radical (unpaired) electrons. The predicted octanol–water partition coefficient (Wildman–Crippen LogP) is 6.51. The quantitative estimate of drug-likeness (QED) is 0.173. The second kappa shape index (κ2) is 14.2. The molecule has 2 heterocycles. The van der Waals surface area contributed by atoms with Gasteiger partial charge >= 0.3 is 12.2 Å². The van der Waals surface area contributed by atoms with Crippen LogP contribution in [0.4, 0.5) is 35.3 Å². The van der Waals surface area contributed by atoms with Crippen LogP contribution < -0.4 is 15.5 Å². The molecule has 0 spiro atoms. The molecule has 0 saturated carbocycles. The first-order valence-electron chi connectivity index (χ1n) is 15.4. The molecule has 0 bridgehead atoms. The number of amides is 3. The van der Waals surface area contributed by atoms with E-state index in [0.29, 0.717) is 36.6 Å². The fraction of sp³-hybridized carbons (Fsp3) is 0.353. The highest BCUT2D eigenvalue weighted by Crippen LogP contribution is 2.37. The molecule has 1 aliphatic rings. The zero-order chi connectivity index (χ0) is 32.8. The zero-order valence-electron chi connectivity index (χ0n) is 26.2. The molecule has 9 nitrogen and oxygen atoms in total. The summed E-state index contributed by atoms with van der Waals surface area (Å²) in [6.07, 6.45) is -1.47. The third-order valence-corrected chi connectivity index (χ3v) is 8.21. The number of benzene rings is 3. The molecule has 46 heavy (non-hydrogen) atoms. The van der Waals surface area contributed by atoms with Crippen LogP contribution in [0.1, 0.15) is 47.3 Å². The Hall–Kier alpha value is -4.71. The number of urea groups is 1. The average Bonchev–Trinajstić information content (AvgIpc) is 3.38. The summed E-state index contributed by atoms with van der Waals surface area (Å²) >= 11 is 0. The summed E-state index contributed by atoms with van der Waals surface area (Å²) < 4.78 is 40.9. The highest BCUT2D eigenvalue weighted by molar-refractivity contribution is 6.08. The Kier molecular flexibility index (Phi) is 10.1. The third kappa shape index (κ3) is 7.56. The minimum atomic E-state index is -4.62. The molecule has 5 rings (SSSR count). The van der Waals surface area contributed by atoms with Gasteiger partial charge in [-0.15, -0.1) is 0 Å². The van der Waals surface area contributed by atoms with E-state index in [1.54, 1.807) is 25.4 Å². The number of likely N-dealkylation sites (N-methyl/N-ethyl adjacent to an activating group) is 1. The Morgan fingerprint density at radius 2 is 1.80 bits per heavy atom. The number of fused-ring (bicyclic) bond motifs is 1. The van der Waals surface area contributed by atoms with Gasteiger partial charge in [-0.3, -0.25) is 9.69 Å². The number of hydrogen-bond acceptors (Lipinski definition) is 6. The van der Waals surface area contributed by atoms with Gasteiger partial charge in [-0.25, -0.2) is 14.8 Å². The summed E-state index contributed by atoms with van der Waals surface area (Å²) in [7, 11) is 1.62. The minimum Gasteiger partial charge on any atom is -0.354 e. The van der Waals surface area contributed by atoms with Crippen molar-refractivity contribution in [3.05, 3.63) is 89.1 Å². The summed E-state index contributed by atoms with van der Waals surface area (Å²) in [6.45, 7) is 8.84. The number of anilines is 3. The fourth-order valence-corrected chi connectivity index (χ4v) is 5.54. The van der Waals surface area contributed by atoms with Crippen molar-refractivity contribution in [2.24, 2.45) is 0 Å². The van der Waals surface area contributed by atoms with Gasteiger partial charge in [0.25, 0.3) is 5.91 Å². The van der Waals surface area contributed by atoms with Crippen LogP contribution in [0.2, 0.25) is 0 Å². The van der Waals surface area contributed by atoms with Crippen molar-refractivity contribution in [3.8, 4) is 0 Å². The van der Waals surface area contributed by atoms with E-state index in [-0.39, 0.29) is 17.4 Å². The van der Waals surface area contributed by atoms with E-state index < -0.39 is 17.6 Å². The summed E-state index contributed by atoms with van der Waals surface area (Å²) in [5, 5.41) is 6.81. The average molecular weight is 634 g/mol. The number of alkyl halides is 3. The standard InChI is InChI=1S/C34H38F3N7O2/c1-4-43(5-2)16-8-15-38-32-39-22-25-20-23(11-13-28(25)41-32)19-24-9-6-7-10-27(24)31(45)40-29-21-26(34(35,36)37)12-14-30(29)44-18-17-42(3)33(44)46/h6-7,9-14,20-22H,4-5,8,15-19H2,1-3H3,(H,40,45)(H,38,39,41). The molecule has 1 fully saturated rings. The van der Waals surface area contributed by atoms with Crippen molar-refractivity contribution in [1.82, 2.24) is 19.8 Å². The van der Waals surface area contributed by atoms with Crippen LogP contribution in [-0.2, 0) is 12.6 Å². The number of carbonyl (C=O) groups excluding carboxylic acids is 2. The Morgan fingerprint density at radius 1 is 1.02 bits per heavy atom. The first-order chi connectivity index (χ1) is 22.1. The molecule has 3 aromatic carbocycles. The minimum absolute atomic E-state index is 0.0846. The van der Waals surface area contributed by atoms with Crippen molar-refractivity contribution in [1.29, 1.82) is 0 Å². The molecule has 0 unspecified atom stereocenters. The largest absolute Gasteiger partial charge is 0.416 e. The maximum Gasteiger partial charge on any atom is 0.416 e. The van der Waals surface area contributed by atoms with E-state index in [2.05, 4.69) is 39.3 Å². The highest BCUT2D eigenvalue weighted by atomic mass is 19.4. The van der Waals surface area contributed by atoms with Gasteiger partial charge in [0, 0.05) is 43.8 Å². The maximum absolute atomic E-state index is 13.6. The number of hydrogen-bond donors (Lipinski definition) is 2. The van der Waals surface area contributed by atoms with E-state index >= 15 is 0 Å². The molecule has 1 aromatic heterocycles. The first-order valence-corrected chi connectivity index (χ1v) is 15.4. The van der Waals surface area contributed by atoms with Gasteiger partial charge in [-0.05, 0) is 80.0 Å². The molecular formula is C34H38F3N7O2. The van der Waals surface area contributed by atoms with Gasteiger partial charge in [-0.2, -0.15) is 13.2 Å². The Balaban J connectivity index is 1.33. The number of rotatable bonds is 12. The molecule has 12 heteroatoms. The van der Waals surface area contributed by atoms with E-state index in [1.165, 1.54) is 15.9 Å². The third-order valence-electron chi connectivity index (χ3n) is 8.21. The van der Waals surface area contributed by atoms with Crippen LogP contribution in [-0.4, -0.2) is 78.0 Å². The molecular weight excluding hydrogens is 595 g/mol. The topological polar surface area (TPSA) is 93.7 Å². The molecule has 1 aliphatic heterocycles. The molecule has 0 atom stereocenters. The predicted molar refractivity (Wildman–Crippen MR) is 174 cm³/mol. The Bertz CT molecular complexity index is 1710. The zero-order valence-corrected chi connectivity index (χ0v) is 26.2. The van der Waals surface area contributed by atoms with Crippen LogP contribution in [0.15, 0.2) is 66.9 Å². The maximum atomic E-state index is 13.6. The monoisotopic (exact) mass is 633 g/mol. The molecule has 4 aromatic rings. The molecule has 2 N–H and O–H groups in total. The van der Waals surface area contributed by atoms with Gasteiger partial charge in [0.2, 0.25) is 5.95 Å². The van der Waals surface area contributed by atoms with E-state index in [4.69, 9.17) is 0 Å². The van der Waals surface area contributed by atoms with Crippen molar-refractivity contribution in [3.63, 3.8) is 0 Å². The van der Waals surface area contributed by atoms with Gasteiger partial charge < -0.3 is 20.4 Å². The summed E-state index contributed by atoms with van der Waals surface area (Å²) in [5.41, 5.74) is 1.92. The molecule has 3 amide bonds. The lowest BCUT2D eigenvalue weighted by molar-refractivity contribution is -0.137. The second-order valence-corrected chi connectivity index (χ2v) is 11.3. The van der Waals surface area contributed by atoms with E-state index in [1.807, 2.05) is 30.3 Å². The van der Waals surface area contributed by atoms with Crippen LogP contribution in [0, 0.1) is 0 Å². The summed E-state index contributed by atoms with van der Waals surface area (Å²) in [5.74, 6) is -0.00458. The van der Waals surface area contributed by atoms with Gasteiger partial charge in [0.15, 0.2) is 0 Å². The van der Waals surface area contributed by atoms with E-state index in [9.17, 15) is 22.8 Å². The van der Waals surface area contributed by atoms with Crippen molar-refractivity contribution < 1.29 is 22.8 Å². The molecule has 242 valence electrons. The normalized spacial score (nSPS) is 13.6. The van der Waals surface area contributed by atoms with Gasteiger partial charge in [-0.1, -0.05) is 38.1 Å². The second-order valence-electron chi connectivity index (χ2n) is 11.3.